The first-order valence-electron chi connectivity index (χ1n) is 9.94. The number of anilines is 1. The van der Waals surface area contributed by atoms with Gasteiger partial charge in [-0.3, -0.25) is 9.59 Å². The summed E-state index contributed by atoms with van der Waals surface area (Å²) in [4.78, 5) is 29.6. The van der Waals surface area contributed by atoms with E-state index in [1.54, 1.807) is 30.6 Å². The molecule has 0 spiro atoms. The van der Waals surface area contributed by atoms with Crippen LogP contribution < -0.4 is 15.0 Å². The highest BCUT2D eigenvalue weighted by molar-refractivity contribution is 7.14. The van der Waals surface area contributed by atoms with Gasteiger partial charge in [0.05, 0.1) is 12.8 Å². The van der Waals surface area contributed by atoms with Crippen molar-refractivity contribution >= 4 is 28.3 Å². The molecule has 0 fully saturated rings. The summed E-state index contributed by atoms with van der Waals surface area (Å²) >= 11 is 1.59. The summed E-state index contributed by atoms with van der Waals surface area (Å²) in [7, 11) is 1.65. The van der Waals surface area contributed by atoms with Crippen molar-refractivity contribution in [1.29, 1.82) is 0 Å². The number of carbonyl (C=O) groups is 2. The van der Waals surface area contributed by atoms with Gasteiger partial charge in [-0.2, -0.15) is 0 Å². The second-order valence-corrected chi connectivity index (χ2v) is 7.75. The number of rotatable bonds is 10. The van der Waals surface area contributed by atoms with Gasteiger partial charge >= 0.3 is 5.97 Å². The number of nitrogens with zero attached hydrogens (tertiary/aromatic N) is 2. The van der Waals surface area contributed by atoms with Gasteiger partial charge in [-0.05, 0) is 36.2 Å². The number of hydrogen-bond acceptors (Lipinski definition) is 6. The summed E-state index contributed by atoms with van der Waals surface area (Å²) in [6.45, 7) is 3.23. The molecule has 8 heteroatoms. The molecule has 3 aromatic rings. The zero-order valence-electron chi connectivity index (χ0n) is 17.5. The van der Waals surface area contributed by atoms with E-state index in [2.05, 4.69) is 17.1 Å². The molecular weight excluding hydrogens is 414 g/mol. The van der Waals surface area contributed by atoms with Crippen molar-refractivity contribution in [1.82, 2.24) is 10.3 Å². The molecule has 0 unspecified atom stereocenters. The fourth-order valence-electron chi connectivity index (χ4n) is 3.14. The van der Waals surface area contributed by atoms with Crippen LogP contribution in [0.2, 0.25) is 0 Å². The summed E-state index contributed by atoms with van der Waals surface area (Å²) in [6.07, 6.45) is 0.971. The van der Waals surface area contributed by atoms with Crippen LogP contribution in [0.4, 0.5) is 5.13 Å². The van der Waals surface area contributed by atoms with Crippen molar-refractivity contribution in [3.05, 3.63) is 65.0 Å². The highest BCUT2D eigenvalue weighted by Gasteiger charge is 2.15. The van der Waals surface area contributed by atoms with Crippen molar-refractivity contribution in [2.75, 3.05) is 25.1 Å². The Morgan fingerprint density at radius 1 is 1.16 bits per heavy atom. The third kappa shape index (κ3) is 5.82. The van der Waals surface area contributed by atoms with E-state index >= 15 is 0 Å². The Labute approximate surface area is 185 Å². The molecule has 0 radical (unpaired) electrons. The molecule has 162 valence electrons. The average Bonchev–Trinajstić information content (AvgIpc) is 3.27. The summed E-state index contributed by atoms with van der Waals surface area (Å²) < 4.78 is 5.46. The van der Waals surface area contributed by atoms with Crippen LogP contribution in [0.15, 0.2) is 53.9 Å². The number of nitrogens with one attached hydrogen (secondary N) is 1. The lowest BCUT2D eigenvalue weighted by Gasteiger charge is -2.21. The van der Waals surface area contributed by atoms with E-state index in [0.29, 0.717) is 12.1 Å². The molecular formula is C23H25N3O4S. The van der Waals surface area contributed by atoms with Gasteiger partial charge in [-0.15, -0.1) is 11.3 Å². The molecule has 1 heterocycles. The van der Waals surface area contributed by atoms with E-state index in [1.165, 1.54) is 0 Å². The largest absolute Gasteiger partial charge is 0.496 e. The normalized spacial score (nSPS) is 10.5. The van der Waals surface area contributed by atoms with Crippen LogP contribution in [0, 0.1) is 0 Å². The van der Waals surface area contributed by atoms with E-state index in [0.717, 1.165) is 40.7 Å². The number of methoxy groups -OCH3 is 1. The minimum absolute atomic E-state index is 0.399. The molecule has 0 aliphatic heterocycles. The number of para-hydroxylation sites is 1. The molecule has 0 aliphatic carbocycles. The first-order chi connectivity index (χ1) is 15.0. The molecule has 3 rings (SSSR count). The topological polar surface area (TPSA) is 91.8 Å². The minimum atomic E-state index is -1.07. The Bertz CT molecular complexity index is 1030. The van der Waals surface area contributed by atoms with Gasteiger partial charge in [-0.1, -0.05) is 31.2 Å². The first kappa shape index (κ1) is 22.3. The van der Waals surface area contributed by atoms with E-state index < -0.39 is 18.4 Å². The molecule has 1 aromatic heterocycles. The van der Waals surface area contributed by atoms with Crippen LogP contribution >= 0.6 is 11.3 Å². The lowest BCUT2D eigenvalue weighted by Crippen LogP contribution is -2.29. The second kappa shape index (κ2) is 10.6. The fraction of sp³-hybridized carbons (Fsp3) is 0.261. The maximum Gasteiger partial charge on any atom is 0.322 e. The van der Waals surface area contributed by atoms with Gasteiger partial charge in [0.15, 0.2) is 5.13 Å². The predicted octanol–water partition coefficient (Wildman–Crippen LogP) is 4.05. The first-order valence-corrected chi connectivity index (χ1v) is 10.8. The van der Waals surface area contributed by atoms with Crippen LogP contribution in [0.1, 0.15) is 29.3 Å². The number of hydrogen-bond donors (Lipinski definition) is 2. The fourth-order valence-corrected chi connectivity index (χ4v) is 3.99. The highest BCUT2D eigenvalue weighted by atomic mass is 32.1. The number of aromatic nitrogens is 1. The molecule has 0 bridgehead atoms. The smallest absolute Gasteiger partial charge is 0.322 e. The number of ether oxygens (including phenoxy) is 1. The molecule has 2 N–H and O–H groups in total. The van der Waals surface area contributed by atoms with Crippen molar-refractivity contribution < 1.29 is 19.4 Å². The molecule has 0 aliphatic rings. The Morgan fingerprint density at radius 3 is 2.58 bits per heavy atom. The van der Waals surface area contributed by atoms with Gasteiger partial charge in [0.25, 0.3) is 5.91 Å². The summed E-state index contributed by atoms with van der Waals surface area (Å²) in [5.41, 5.74) is 3.31. The molecule has 2 aromatic carbocycles. The summed E-state index contributed by atoms with van der Waals surface area (Å²) in [5, 5.41) is 14.0. The zero-order valence-corrected chi connectivity index (χ0v) is 18.3. The van der Waals surface area contributed by atoms with Crippen LogP contribution in [-0.2, 0) is 11.3 Å². The number of carboxylic acid groups (broad SMARTS) is 1. The monoisotopic (exact) mass is 439 g/mol. The van der Waals surface area contributed by atoms with Gasteiger partial charge in [0, 0.05) is 29.6 Å². The van der Waals surface area contributed by atoms with Gasteiger partial charge < -0.3 is 20.1 Å². The van der Waals surface area contributed by atoms with Crippen LogP contribution in [-0.4, -0.2) is 42.2 Å². The quantitative estimate of drug-likeness (QED) is 0.495. The molecule has 1 amide bonds. The van der Waals surface area contributed by atoms with Gasteiger partial charge in [0.2, 0.25) is 0 Å². The van der Waals surface area contributed by atoms with Crippen LogP contribution in [0.25, 0.3) is 11.3 Å². The number of carbonyl (C=O) groups excluding carboxylic acids is 1. The van der Waals surface area contributed by atoms with E-state index in [4.69, 9.17) is 14.8 Å². The van der Waals surface area contributed by atoms with E-state index in [-0.39, 0.29) is 0 Å². The third-order valence-electron chi connectivity index (χ3n) is 4.63. The Morgan fingerprint density at radius 2 is 1.90 bits per heavy atom. The maximum atomic E-state index is 12.0. The van der Waals surface area contributed by atoms with Gasteiger partial charge in [0.1, 0.15) is 12.3 Å². The maximum absolute atomic E-state index is 12.0. The zero-order chi connectivity index (χ0) is 22.2. The number of aliphatic carboxylic acids is 1. The Balaban J connectivity index is 1.74. The molecule has 7 nitrogen and oxygen atoms in total. The Kier molecular flexibility index (Phi) is 7.61. The number of thiazole rings is 1. The lowest BCUT2D eigenvalue weighted by atomic mass is 10.1. The van der Waals surface area contributed by atoms with Crippen molar-refractivity contribution in [3.63, 3.8) is 0 Å². The molecule has 31 heavy (non-hydrogen) atoms. The molecule has 0 atom stereocenters. The standard InChI is InChI=1S/C23H25N3O4S/c1-3-12-26(14-16-8-10-17(11-9-16)22(29)24-13-21(27)28)23-25-19(15-31-23)18-6-4-5-7-20(18)30-2/h4-11,15H,3,12-14H2,1-2H3,(H,24,29)(H,27,28). The van der Waals surface area contributed by atoms with Crippen LogP contribution in [0.3, 0.4) is 0 Å². The molecule has 0 saturated heterocycles. The predicted molar refractivity (Wildman–Crippen MR) is 122 cm³/mol. The number of benzene rings is 2. The minimum Gasteiger partial charge on any atom is -0.496 e. The second-order valence-electron chi connectivity index (χ2n) is 6.91. The van der Waals surface area contributed by atoms with Crippen molar-refractivity contribution in [3.8, 4) is 17.0 Å². The Hall–Kier alpha value is -3.39. The van der Waals surface area contributed by atoms with Crippen LogP contribution in [0.5, 0.6) is 5.75 Å². The van der Waals surface area contributed by atoms with E-state index in [9.17, 15) is 9.59 Å². The van der Waals surface area contributed by atoms with E-state index in [1.807, 2.05) is 41.8 Å². The van der Waals surface area contributed by atoms with Crippen molar-refractivity contribution in [2.24, 2.45) is 0 Å². The summed E-state index contributed by atoms with van der Waals surface area (Å²) in [5.74, 6) is -0.685. The molecule has 0 saturated carbocycles. The average molecular weight is 440 g/mol. The number of amides is 1. The van der Waals surface area contributed by atoms with Gasteiger partial charge in [-0.25, -0.2) is 4.98 Å². The third-order valence-corrected chi connectivity index (χ3v) is 5.53. The SMILES string of the molecule is CCCN(Cc1ccc(C(=O)NCC(=O)O)cc1)c1nc(-c2ccccc2OC)cs1. The lowest BCUT2D eigenvalue weighted by molar-refractivity contribution is -0.135. The highest BCUT2D eigenvalue weighted by Crippen LogP contribution is 2.33. The van der Waals surface area contributed by atoms with Crippen molar-refractivity contribution in [2.45, 2.75) is 19.9 Å². The number of carboxylic acids is 1. The summed E-state index contributed by atoms with van der Waals surface area (Å²) in [6, 6.07) is 15.0.